The molecule has 0 aliphatic rings. The Morgan fingerprint density at radius 3 is 2.42 bits per heavy atom. The summed E-state index contributed by atoms with van der Waals surface area (Å²) in [5.41, 5.74) is 7.37. The number of hydrogen-bond donors (Lipinski definition) is 2. The zero-order valence-corrected chi connectivity index (χ0v) is 26.5. The van der Waals surface area contributed by atoms with Crippen LogP contribution in [0.5, 0.6) is 5.75 Å². The van der Waals surface area contributed by atoms with Crippen LogP contribution in [0.2, 0.25) is 0 Å². The standard InChI is InChI=1S/C28H27I2N5O2S/c1-17-5-11-22(12-6-17)35-26(18-7-9-20(10-8-18)28(2,3)4)33-34-27(35)38-16-24(36)32-31-15-19-13-21(29)14-23(30)25(19)37/h5-15,37H,16H2,1-4H3,(H,32,36)/b31-15+. The van der Waals surface area contributed by atoms with Crippen LogP contribution in [0.4, 0.5) is 0 Å². The molecular formula is C28H27I2N5O2S. The van der Waals surface area contributed by atoms with Crippen LogP contribution in [-0.2, 0) is 10.2 Å². The molecule has 38 heavy (non-hydrogen) atoms. The van der Waals surface area contributed by atoms with Crippen molar-refractivity contribution in [3.63, 3.8) is 0 Å². The first-order valence-electron chi connectivity index (χ1n) is 11.8. The van der Waals surface area contributed by atoms with Crippen molar-refractivity contribution in [1.82, 2.24) is 20.2 Å². The van der Waals surface area contributed by atoms with Crippen molar-refractivity contribution >= 4 is 69.1 Å². The van der Waals surface area contributed by atoms with Gasteiger partial charge in [-0.3, -0.25) is 9.36 Å². The molecule has 1 amide bonds. The summed E-state index contributed by atoms with van der Waals surface area (Å²) in [4.78, 5) is 12.6. The number of amides is 1. The van der Waals surface area contributed by atoms with E-state index in [4.69, 9.17) is 0 Å². The lowest BCUT2D eigenvalue weighted by molar-refractivity contribution is -0.118. The van der Waals surface area contributed by atoms with Crippen LogP contribution < -0.4 is 5.43 Å². The van der Waals surface area contributed by atoms with Crippen molar-refractivity contribution in [2.75, 3.05) is 5.75 Å². The summed E-state index contributed by atoms with van der Waals surface area (Å²) in [6.45, 7) is 8.60. The highest BCUT2D eigenvalue weighted by molar-refractivity contribution is 14.1. The van der Waals surface area contributed by atoms with E-state index >= 15 is 0 Å². The Balaban J connectivity index is 1.54. The van der Waals surface area contributed by atoms with E-state index in [0.29, 0.717) is 16.5 Å². The van der Waals surface area contributed by atoms with Crippen LogP contribution >= 0.6 is 56.9 Å². The second-order valence-electron chi connectivity index (χ2n) is 9.71. The second-order valence-corrected chi connectivity index (χ2v) is 13.1. The van der Waals surface area contributed by atoms with Gasteiger partial charge < -0.3 is 5.11 Å². The first-order chi connectivity index (χ1) is 18.0. The molecule has 196 valence electrons. The Labute approximate surface area is 253 Å². The number of halogens is 2. The molecule has 4 rings (SSSR count). The van der Waals surface area contributed by atoms with E-state index < -0.39 is 0 Å². The highest BCUT2D eigenvalue weighted by atomic mass is 127. The van der Waals surface area contributed by atoms with E-state index in [1.807, 2.05) is 41.8 Å². The maximum absolute atomic E-state index is 12.6. The summed E-state index contributed by atoms with van der Waals surface area (Å²) in [6, 6.07) is 20.1. The molecule has 1 heterocycles. The molecule has 0 unspecified atom stereocenters. The summed E-state index contributed by atoms with van der Waals surface area (Å²) in [6.07, 6.45) is 1.44. The van der Waals surface area contributed by atoms with E-state index in [1.165, 1.54) is 23.5 Å². The highest BCUT2D eigenvalue weighted by Gasteiger charge is 2.19. The molecule has 0 spiro atoms. The van der Waals surface area contributed by atoms with Crippen LogP contribution in [0.15, 0.2) is 70.9 Å². The number of carbonyl (C=O) groups excluding carboxylic acids is 1. The molecule has 0 radical (unpaired) electrons. The van der Waals surface area contributed by atoms with Gasteiger partial charge in [0.05, 0.1) is 15.5 Å². The Morgan fingerprint density at radius 2 is 1.76 bits per heavy atom. The van der Waals surface area contributed by atoms with Gasteiger partial charge in [-0.1, -0.05) is 74.5 Å². The largest absolute Gasteiger partial charge is 0.506 e. The van der Waals surface area contributed by atoms with Crippen LogP contribution in [-0.4, -0.2) is 37.7 Å². The number of aromatic hydroxyl groups is 1. The number of phenolic OH excluding ortho intramolecular Hbond substituents is 1. The molecule has 0 aliphatic carbocycles. The molecule has 0 aliphatic heterocycles. The molecule has 0 atom stereocenters. The lowest BCUT2D eigenvalue weighted by Crippen LogP contribution is -2.20. The lowest BCUT2D eigenvalue weighted by Gasteiger charge is -2.19. The number of aromatic nitrogens is 3. The zero-order valence-electron chi connectivity index (χ0n) is 21.4. The number of phenols is 1. The minimum atomic E-state index is -0.291. The molecular weight excluding hydrogens is 724 g/mol. The second kappa shape index (κ2) is 12.2. The fourth-order valence-corrected chi connectivity index (χ4v) is 6.25. The average Bonchev–Trinajstić information content (AvgIpc) is 3.29. The highest BCUT2D eigenvalue weighted by Crippen LogP contribution is 2.30. The number of nitrogens with one attached hydrogen (secondary N) is 1. The first-order valence-corrected chi connectivity index (χ1v) is 14.9. The van der Waals surface area contributed by atoms with Gasteiger partial charge in [0, 0.05) is 20.4 Å². The molecule has 0 saturated heterocycles. The predicted molar refractivity (Wildman–Crippen MR) is 170 cm³/mol. The minimum absolute atomic E-state index is 0.0518. The molecule has 0 saturated carbocycles. The lowest BCUT2D eigenvalue weighted by atomic mass is 9.87. The van der Waals surface area contributed by atoms with Gasteiger partial charge in [0.2, 0.25) is 0 Å². The van der Waals surface area contributed by atoms with Gasteiger partial charge in [0.1, 0.15) is 5.75 Å². The molecule has 1 aromatic heterocycles. The van der Waals surface area contributed by atoms with E-state index in [2.05, 4.69) is 111 Å². The maximum Gasteiger partial charge on any atom is 0.250 e. The van der Waals surface area contributed by atoms with Crippen molar-refractivity contribution in [2.24, 2.45) is 5.10 Å². The van der Waals surface area contributed by atoms with E-state index in [0.717, 1.165) is 24.0 Å². The minimum Gasteiger partial charge on any atom is -0.506 e. The number of carbonyl (C=O) groups is 1. The quantitative estimate of drug-likeness (QED) is 0.0951. The van der Waals surface area contributed by atoms with Gasteiger partial charge in [-0.2, -0.15) is 5.10 Å². The number of aryl methyl sites for hydroxylation is 1. The van der Waals surface area contributed by atoms with Crippen LogP contribution in [0.3, 0.4) is 0 Å². The molecule has 0 bridgehead atoms. The molecule has 0 fully saturated rings. The van der Waals surface area contributed by atoms with E-state index in [9.17, 15) is 9.90 Å². The maximum atomic E-state index is 12.6. The number of nitrogens with zero attached hydrogens (tertiary/aromatic N) is 4. The summed E-state index contributed by atoms with van der Waals surface area (Å²) in [5.74, 6) is 0.646. The normalized spacial score (nSPS) is 11.7. The third kappa shape index (κ3) is 6.94. The zero-order chi connectivity index (χ0) is 27.4. The van der Waals surface area contributed by atoms with Crippen molar-refractivity contribution < 1.29 is 9.90 Å². The number of benzene rings is 3. The Hall–Kier alpha value is -2.45. The van der Waals surface area contributed by atoms with Gasteiger partial charge in [0.15, 0.2) is 11.0 Å². The third-order valence-corrected chi connectivity index (χ3v) is 8.09. The first kappa shape index (κ1) is 28.6. The van der Waals surface area contributed by atoms with E-state index in [1.54, 1.807) is 6.07 Å². The van der Waals surface area contributed by atoms with Gasteiger partial charge in [-0.05, 0) is 87.3 Å². The van der Waals surface area contributed by atoms with Gasteiger partial charge in [0.25, 0.3) is 5.91 Å². The summed E-state index contributed by atoms with van der Waals surface area (Å²) >= 11 is 5.51. The smallest absolute Gasteiger partial charge is 0.250 e. The van der Waals surface area contributed by atoms with Crippen LogP contribution in [0.1, 0.15) is 37.5 Å². The average molecular weight is 751 g/mol. The summed E-state index contributed by atoms with van der Waals surface area (Å²) in [5, 5.41) is 23.7. The van der Waals surface area contributed by atoms with Gasteiger partial charge >= 0.3 is 0 Å². The number of hydrazone groups is 1. The third-order valence-electron chi connectivity index (χ3n) is 5.72. The molecule has 3 aromatic carbocycles. The van der Waals surface area contributed by atoms with Crippen molar-refractivity contribution in [2.45, 2.75) is 38.3 Å². The molecule has 10 heteroatoms. The Bertz CT molecular complexity index is 1480. The Morgan fingerprint density at radius 1 is 1.08 bits per heavy atom. The fraction of sp³-hybridized carbons (Fsp3) is 0.214. The van der Waals surface area contributed by atoms with Crippen LogP contribution in [0, 0.1) is 14.1 Å². The number of hydrogen-bond acceptors (Lipinski definition) is 6. The topological polar surface area (TPSA) is 92.4 Å². The van der Waals surface area contributed by atoms with Crippen molar-refractivity contribution in [1.29, 1.82) is 0 Å². The number of thioether (sulfide) groups is 1. The van der Waals surface area contributed by atoms with E-state index in [-0.39, 0.29) is 22.8 Å². The molecule has 2 N–H and O–H groups in total. The Kier molecular flexibility index (Phi) is 9.14. The van der Waals surface area contributed by atoms with Gasteiger partial charge in [-0.25, -0.2) is 5.43 Å². The molecule has 7 nitrogen and oxygen atoms in total. The summed E-state index contributed by atoms with van der Waals surface area (Å²) in [7, 11) is 0. The van der Waals surface area contributed by atoms with Gasteiger partial charge in [-0.15, -0.1) is 10.2 Å². The van der Waals surface area contributed by atoms with Crippen molar-refractivity contribution in [3.05, 3.63) is 84.5 Å². The monoisotopic (exact) mass is 751 g/mol. The summed E-state index contributed by atoms with van der Waals surface area (Å²) < 4.78 is 3.66. The fourth-order valence-electron chi connectivity index (χ4n) is 3.62. The number of rotatable bonds is 7. The van der Waals surface area contributed by atoms with Crippen molar-refractivity contribution in [3.8, 4) is 22.8 Å². The predicted octanol–water partition coefficient (Wildman–Crippen LogP) is 6.70. The van der Waals surface area contributed by atoms with Crippen LogP contribution in [0.25, 0.3) is 17.1 Å². The molecule has 4 aromatic rings. The SMILES string of the molecule is Cc1ccc(-n2c(SCC(=O)N/N=C/c3cc(I)cc(I)c3O)nnc2-c2ccc(C(C)(C)C)cc2)cc1.